The van der Waals surface area contributed by atoms with Crippen molar-refractivity contribution in [3.05, 3.63) is 84.0 Å². The molecule has 1 fully saturated rings. The summed E-state index contributed by atoms with van der Waals surface area (Å²) in [6, 6.07) is 16.8. The van der Waals surface area contributed by atoms with Gasteiger partial charge in [-0.15, -0.1) is 0 Å². The third-order valence-electron chi connectivity index (χ3n) is 6.44. The van der Waals surface area contributed by atoms with Gasteiger partial charge in [-0.25, -0.2) is 4.79 Å². The first-order valence-electron chi connectivity index (χ1n) is 11.9. The highest BCUT2D eigenvalue weighted by Gasteiger charge is 2.42. The minimum Gasteiger partial charge on any atom is -0.491 e. The van der Waals surface area contributed by atoms with Crippen LogP contribution in [-0.4, -0.2) is 54.3 Å². The Kier molecular flexibility index (Phi) is 8.16. The molecule has 0 bridgehead atoms. The Bertz CT molecular complexity index is 1010. The van der Waals surface area contributed by atoms with Gasteiger partial charge in [0, 0.05) is 12.3 Å². The van der Waals surface area contributed by atoms with E-state index in [-0.39, 0.29) is 30.5 Å². The van der Waals surface area contributed by atoms with Crippen molar-refractivity contribution < 1.29 is 29.2 Å². The molecule has 2 N–H and O–H groups in total. The van der Waals surface area contributed by atoms with Gasteiger partial charge in [0.15, 0.2) is 0 Å². The molecule has 1 heterocycles. The summed E-state index contributed by atoms with van der Waals surface area (Å²) < 4.78 is 16.9. The number of carbonyl (C=O) groups is 1. The number of rotatable bonds is 8. The fourth-order valence-corrected chi connectivity index (χ4v) is 4.68. The van der Waals surface area contributed by atoms with E-state index in [0.717, 1.165) is 17.6 Å². The van der Waals surface area contributed by atoms with E-state index in [4.69, 9.17) is 14.2 Å². The Morgan fingerprint density at radius 1 is 1.21 bits per heavy atom. The van der Waals surface area contributed by atoms with Crippen LogP contribution < -0.4 is 4.74 Å². The van der Waals surface area contributed by atoms with Crippen LogP contribution >= 0.6 is 0 Å². The molecule has 34 heavy (non-hydrogen) atoms. The zero-order chi connectivity index (χ0) is 23.9. The van der Waals surface area contributed by atoms with Crippen molar-refractivity contribution in [2.24, 2.45) is 11.8 Å². The van der Waals surface area contributed by atoms with E-state index in [1.54, 1.807) is 19.1 Å². The zero-order valence-electron chi connectivity index (χ0n) is 19.4. The molecule has 2 aromatic carbocycles. The van der Waals surface area contributed by atoms with Crippen molar-refractivity contribution in [3.63, 3.8) is 0 Å². The largest absolute Gasteiger partial charge is 0.491 e. The minimum atomic E-state index is -0.769. The quantitative estimate of drug-likeness (QED) is 0.453. The zero-order valence-corrected chi connectivity index (χ0v) is 19.4. The van der Waals surface area contributed by atoms with Crippen LogP contribution in [0.2, 0.25) is 0 Å². The van der Waals surface area contributed by atoms with Crippen LogP contribution in [0.4, 0.5) is 0 Å². The van der Waals surface area contributed by atoms with E-state index in [1.807, 2.05) is 54.6 Å². The Morgan fingerprint density at radius 2 is 2.03 bits per heavy atom. The minimum absolute atomic E-state index is 0.0654. The van der Waals surface area contributed by atoms with Gasteiger partial charge in [0.05, 0.1) is 31.0 Å². The van der Waals surface area contributed by atoms with E-state index >= 15 is 0 Å². The summed E-state index contributed by atoms with van der Waals surface area (Å²) in [6.45, 7) is 2.69. The second-order valence-electron chi connectivity index (χ2n) is 8.74. The molecule has 0 spiro atoms. The van der Waals surface area contributed by atoms with Gasteiger partial charge in [-0.3, -0.25) is 0 Å². The van der Waals surface area contributed by atoms with Crippen molar-refractivity contribution in [2.75, 3.05) is 19.8 Å². The number of para-hydroxylation sites is 1. The number of esters is 1. The number of hydrogen-bond acceptors (Lipinski definition) is 6. The first-order chi connectivity index (χ1) is 16.5. The topological polar surface area (TPSA) is 85.2 Å². The number of benzene rings is 2. The summed E-state index contributed by atoms with van der Waals surface area (Å²) in [4.78, 5) is 12.1. The maximum atomic E-state index is 12.1. The molecule has 1 unspecified atom stereocenters. The fourth-order valence-electron chi connectivity index (χ4n) is 4.68. The summed E-state index contributed by atoms with van der Waals surface area (Å²) in [6.07, 6.45) is 5.69. The molecule has 2 aliphatic rings. The number of ether oxygens (including phenoxy) is 3. The standard InChI is InChI=1S/C28H32O6/c1-2-32-28(31)20-8-6-7-19(15-20)21-11-13-25-24(26(30)16-27(25)34-17-21)14-12-22(29)18-33-23-9-4-3-5-10-23/h3-12,14-15,22,24-27,29-30H,2,13,16-18H2,1H3/t22?,24-,25-,26-,27+/m1/s1. The van der Waals surface area contributed by atoms with Crippen molar-refractivity contribution >= 4 is 11.5 Å². The van der Waals surface area contributed by atoms with Crippen molar-refractivity contribution in [3.8, 4) is 5.75 Å². The van der Waals surface area contributed by atoms with Crippen molar-refractivity contribution in [2.45, 2.75) is 38.1 Å². The Morgan fingerprint density at radius 3 is 2.82 bits per heavy atom. The van der Waals surface area contributed by atoms with Crippen LogP contribution in [0.5, 0.6) is 5.75 Å². The van der Waals surface area contributed by atoms with Gasteiger partial charge in [-0.1, -0.05) is 48.6 Å². The number of fused-ring (bicyclic) bond motifs is 1. The lowest BCUT2D eigenvalue weighted by Gasteiger charge is -2.20. The van der Waals surface area contributed by atoms with Crippen molar-refractivity contribution in [1.82, 2.24) is 0 Å². The molecule has 0 amide bonds. The molecule has 5 atom stereocenters. The van der Waals surface area contributed by atoms with E-state index in [0.29, 0.717) is 30.9 Å². The summed E-state index contributed by atoms with van der Waals surface area (Å²) in [7, 11) is 0. The normalized spacial score (nSPS) is 25.3. The van der Waals surface area contributed by atoms with E-state index in [2.05, 4.69) is 6.08 Å². The average molecular weight is 465 g/mol. The summed E-state index contributed by atoms with van der Waals surface area (Å²) in [5, 5.41) is 21.0. The van der Waals surface area contributed by atoms with Gasteiger partial charge >= 0.3 is 5.97 Å². The maximum Gasteiger partial charge on any atom is 0.338 e. The molecule has 1 aliphatic carbocycles. The second kappa shape index (κ2) is 11.5. The molecule has 0 saturated heterocycles. The summed E-state index contributed by atoms with van der Waals surface area (Å²) >= 11 is 0. The Balaban J connectivity index is 1.40. The predicted molar refractivity (Wildman–Crippen MR) is 129 cm³/mol. The van der Waals surface area contributed by atoms with Gasteiger partial charge in [0.25, 0.3) is 0 Å². The van der Waals surface area contributed by atoms with Gasteiger partial charge < -0.3 is 24.4 Å². The van der Waals surface area contributed by atoms with Gasteiger partial charge in [0.2, 0.25) is 0 Å². The first-order valence-corrected chi connectivity index (χ1v) is 11.9. The molecule has 0 radical (unpaired) electrons. The number of aliphatic hydroxyl groups is 2. The summed E-state index contributed by atoms with van der Waals surface area (Å²) in [5.74, 6) is 0.370. The lowest BCUT2D eigenvalue weighted by molar-refractivity contribution is 0.0469. The lowest BCUT2D eigenvalue weighted by Crippen LogP contribution is -2.22. The number of allylic oxidation sites excluding steroid dienone is 1. The molecule has 1 aliphatic heterocycles. The molecule has 1 saturated carbocycles. The molecule has 6 heteroatoms. The van der Waals surface area contributed by atoms with Gasteiger partial charge in [0.1, 0.15) is 18.5 Å². The monoisotopic (exact) mass is 464 g/mol. The third kappa shape index (κ3) is 5.95. The maximum absolute atomic E-state index is 12.1. The molecule has 6 nitrogen and oxygen atoms in total. The Hall–Kier alpha value is -2.93. The molecule has 4 rings (SSSR count). The number of carbonyl (C=O) groups excluding carboxylic acids is 1. The highest BCUT2D eigenvalue weighted by atomic mass is 16.5. The average Bonchev–Trinajstić information content (AvgIpc) is 3.01. The van der Waals surface area contributed by atoms with Crippen LogP contribution in [0.15, 0.2) is 72.8 Å². The van der Waals surface area contributed by atoms with Crippen LogP contribution in [0.1, 0.15) is 35.7 Å². The number of aliphatic hydroxyl groups excluding tert-OH is 2. The molecular weight excluding hydrogens is 432 g/mol. The third-order valence-corrected chi connectivity index (χ3v) is 6.44. The fraction of sp³-hybridized carbons (Fsp3) is 0.393. The van der Waals surface area contributed by atoms with Gasteiger partial charge in [-0.05, 0) is 54.7 Å². The van der Waals surface area contributed by atoms with Crippen LogP contribution in [0.3, 0.4) is 0 Å². The predicted octanol–water partition coefficient (Wildman–Crippen LogP) is 4.03. The van der Waals surface area contributed by atoms with Crippen molar-refractivity contribution in [1.29, 1.82) is 0 Å². The molecule has 0 aromatic heterocycles. The van der Waals surface area contributed by atoms with Crippen LogP contribution in [0.25, 0.3) is 5.57 Å². The van der Waals surface area contributed by atoms with E-state index < -0.39 is 12.2 Å². The second-order valence-corrected chi connectivity index (χ2v) is 8.74. The highest BCUT2D eigenvalue weighted by molar-refractivity contribution is 5.90. The SMILES string of the molecule is CCOC(=O)c1cccc(C2=CC[C@@H]3[C@@H](C=CC(O)COc4ccccc4)[C@H](O)C[C@@H]3OC2)c1. The van der Waals surface area contributed by atoms with Crippen LogP contribution in [-0.2, 0) is 9.47 Å². The molecular formula is C28H32O6. The van der Waals surface area contributed by atoms with Gasteiger partial charge in [-0.2, -0.15) is 0 Å². The highest BCUT2D eigenvalue weighted by Crippen LogP contribution is 2.41. The molecule has 2 aromatic rings. The molecule has 180 valence electrons. The van der Waals surface area contributed by atoms with E-state index in [1.165, 1.54) is 0 Å². The first kappa shape index (κ1) is 24.2. The summed E-state index contributed by atoms with van der Waals surface area (Å²) in [5.41, 5.74) is 2.48. The Labute approximate surface area is 200 Å². The smallest absolute Gasteiger partial charge is 0.338 e. The van der Waals surface area contributed by atoms with E-state index in [9.17, 15) is 15.0 Å². The lowest BCUT2D eigenvalue weighted by atomic mass is 9.89. The van der Waals surface area contributed by atoms with Crippen LogP contribution in [0, 0.1) is 11.8 Å². The number of hydrogen-bond donors (Lipinski definition) is 2.